The third-order valence-electron chi connectivity index (χ3n) is 5.35. The highest BCUT2D eigenvalue weighted by atomic mass is 16.3. The molecule has 2 aliphatic rings. The van der Waals surface area contributed by atoms with Crippen LogP contribution in [0.5, 0.6) is 5.88 Å². The average Bonchev–Trinajstić information content (AvgIpc) is 3.25. The van der Waals surface area contributed by atoms with Crippen LogP contribution in [0.2, 0.25) is 0 Å². The molecule has 3 heteroatoms. The van der Waals surface area contributed by atoms with Crippen molar-refractivity contribution in [2.75, 3.05) is 13.1 Å². The average molecular weight is 298 g/mol. The highest BCUT2D eigenvalue weighted by Gasteiger charge is 2.24. The Labute approximate surface area is 132 Å². The minimum absolute atomic E-state index is 0.466. The summed E-state index contributed by atoms with van der Waals surface area (Å²) in [5.41, 5.74) is 2.65. The Balaban J connectivity index is 1.63. The van der Waals surface area contributed by atoms with Gasteiger partial charge < -0.3 is 15.0 Å². The van der Waals surface area contributed by atoms with Gasteiger partial charge in [-0.05, 0) is 81.1 Å². The second-order valence-corrected chi connectivity index (χ2v) is 7.32. The molecule has 2 N–H and O–H groups in total. The highest BCUT2D eigenvalue weighted by Crippen LogP contribution is 2.37. The summed E-state index contributed by atoms with van der Waals surface area (Å²) in [4.78, 5) is 0. The number of aromatic nitrogens is 1. The summed E-state index contributed by atoms with van der Waals surface area (Å²) in [6.07, 6.45) is 8.52. The molecule has 1 aliphatic heterocycles. The molecule has 2 aromatic rings. The zero-order valence-corrected chi connectivity index (χ0v) is 13.4. The topological polar surface area (TPSA) is 37.2 Å². The minimum Gasteiger partial charge on any atom is -0.494 e. The first kappa shape index (κ1) is 14.1. The molecule has 0 bridgehead atoms. The fourth-order valence-electron chi connectivity index (χ4n) is 3.93. The van der Waals surface area contributed by atoms with Gasteiger partial charge in [0.1, 0.15) is 0 Å². The number of nitrogens with one attached hydrogen (secondary N) is 1. The normalized spacial score (nSPS) is 19.9. The second-order valence-electron chi connectivity index (χ2n) is 7.32. The lowest BCUT2D eigenvalue weighted by Gasteiger charge is -2.22. The number of hydrogen-bond acceptors (Lipinski definition) is 2. The Morgan fingerprint density at radius 2 is 1.91 bits per heavy atom. The SMILES string of the molecule is Cc1cc(CC2CCNCC2)cc2cn(CC3CC3)c(O)c12. The van der Waals surface area contributed by atoms with Crippen molar-refractivity contribution in [2.45, 2.75) is 45.6 Å². The van der Waals surface area contributed by atoms with Gasteiger partial charge in [0.2, 0.25) is 0 Å². The van der Waals surface area contributed by atoms with Crippen molar-refractivity contribution in [1.29, 1.82) is 0 Å². The summed E-state index contributed by atoms with van der Waals surface area (Å²) in [7, 11) is 0. The third kappa shape index (κ3) is 2.74. The van der Waals surface area contributed by atoms with Crippen molar-refractivity contribution in [2.24, 2.45) is 11.8 Å². The van der Waals surface area contributed by atoms with Crippen molar-refractivity contribution in [3.05, 3.63) is 29.5 Å². The van der Waals surface area contributed by atoms with Gasteiger partial charge in [-0.2, -0.15) is 0 Å². The monoisotopic (exact) mass is 298 g/mol. The van der Waals surface area contributed by atoms with E-state index in [1.54, 1.807) is 0 Å². The van der Waals surface area contributed by atoms with Gasteiger partial charge in [0.25, 0.3) is 0 Å². The molecule has 0 unspecified atom stereocenters. The summed E-state index contributed by atoms with van der Waals surface area (Å²) in [5.74, 6) is 2.05. The van der Waals surface area contributed by atoms with Crippen molar-refractivity contribution >= 4 is 10.8 Å². The molecule has 2 heterocycles. The number of fused-ring (bicyclic) bond motifs is 1. The van der Waals surface area contributed by atoms with Crippen molar-refractivity contribution in [3.8, 4) is 5.88 Å². The van der Waals surface area contributed by atoms with Crippen LogP contribution in [-0.4, -0.2) is 22.8 Å². The van der Waals surface area contributed by atoms with Crippen LogP contribution in [0.25, 0.3) is 10.8 Å². The van der Waals surface area contributed by atoms with Crippen LogP contribution in [0.4, 0.5) is 0 Å². The minimum atomic E-state index is 0.466. The zero-order valence-electron chi connectivity index (χ0n) is 13.4. The van der Waals surface area contributed by atoms with Gasteiger partial charge in [0, 0.05) is 23.5 Å². The lowest BCUT2D eigenvalue weighted by molar-refractivity contribution is 0.373. The first-order chi connectivity index (χ1) is 10.7. The Morgan fingerprint density at radius 3 is 2.64 bits per heavy atom. The van der Waals surface area contributed by atoms with Crippen molar-refractivity contribution in [3.63, 3.8) is 0 Å². The summed E-state index contributed by atoms with van der Waals surface area (Å²) >= 11 is 0. The number of aromatic hydroxyl groups is 1. The molecule has 1 saturated heterocycles. The molecule has 0 radical (unpaired) electrons. The maximum absolute atomic E-state index is 10.5. The van der Waals surface area contributed by atoms with E-state index in [1.807, 2.05) is 0 Å². The lowest BCUT2D eigenvalue weighted by atomic mass is 9.90. The largest absolute Gasteiger partial charge is 0.494 e. The lowest BCUT2D eigenvalue weighted by Crippen LogP contribution is -2.28. The Kier molecular flexibility index (Phi) is 3.61. The molecule has 4 rings (SSSR count). The number of nitrogens with zero attached hydrogens (tertiary/aromatic N) is 1. The standard InChI is InChI=1S/C19H26N2O/c1-13-8-16(9-14-4-6-20-7-5-14)10-17-12-21(11-15-2-3-15)19(22)18(13)17/h8,10,12,14-15,20,22H,2-7,9,11H2,1H3. The molecule has 118 valence electrons. The fourth-order valence-corrected chi connectivity index (χ4v) is 3.93. The van der Waals surface area contributed by atoms with E-state index in [4.69, 9.17) is 0 Å². The molecular formula is C19H26N2O. The summed E-state index contributed by atoms with van der Waals surface area (Å²) in [6.45, 7) is 5.42. The van der Waals surface area contributed by atoms with E-state index in [1.165, 1.54) is 48.6 Å². The van der Waals surface area contributed by atoms with Gasteiger partial charge >= 0.3 is 0 Å². The van der Waals surface area contributed by atoms with Crippen LogP contribution in [0.3, 0.4) is 0 Å². The quantitative estimate of drug-likeness (QED) is 0.905. The molecule has 3 nitrogen and oxygen atoms in total. The van der Waals surface area contributed by atoms with Crippen molar-refractivity contribution < 1.29 is 5.11 Å². The Morgan fingerprint density at radius 1 is 1.14 bits per heavy atom. The first-order valence-corrected chi connectivity index (χ1v) is 8.73. The number of hydrogen-bond donors (Lipinski definition) is 2. The van der Waals surface area contributed by atoms with Gasteiger partial charge in [-0.25, -0.2) is 0 Å². The fraction of sp³-hybridized carbons (Fsp3) is 0.579. The van der Waals surface area contributed by atoms with E-state index in [0.717, 1.165) is 36.9 Å². The van der Waals surface area contributed by atoms with E-state index in [9.17, 15) is 5.11 Å². The predicted octanol–water partition coefficient (Wildman–Crippen LogP) is 3.61. The molecule has 0 amide bonds. The van der Waals surface area contributed by atoms with Gasteiger partial charge in [-0.3, -0.25) is 0 Å². The summed E-state index contributed by atoms with van der Waals surface area (Å²) in [5, 5.41) is 16.2. The maximum atomic E-state index is 10.5. The van der Waals surface area contributed by atoms with Gasteiger partial charge in [-0.15, -0.1) is 0 Å². The smallest absolute Gasteiger partial charge is 0.199 e. The molecule has 0 spiro atoms. The molecule has 2 fully saturated rings. The van der Waals surface area contributed by atoms with Crippen LogP contribution in [0.1, 0.15) is 36.8 Å². The number of aryl methyl sites for hydroxylation is 1. The van der Waals surface area contributed by atoms with Crippen LogP contribution in [0.15, 0.2) is 18.3 Å². The molecule has 1 aromatic heterocycles. The second kappa shape index (κ2) is 5.62. The van der Waals surface area contributed by atoms with E-state index in [-0.39, 0.29) is 0 Å². The van der Waals surface area contributed by atoms with Crippen molar-refractivity contribution in [1.82, 2.24) is 9.88 Å². The van der Waals surface area contributed by atoms with Crippen LogP contribution >= 0.6 is 0 Å². The number of rotatable bonds is 4. The summed E-state index contributed by atoms with van der Waals surface area (Å²) < 4.78 is 2.06. The maximum Gasteiger partial charge on any atom is 0.199 e. The van der Waals surface area contributed by atoms with Crippen LogP contribution in [0, 0.1) is 18.8 Å². The number of piperidine rings is 1. The zero-order chi connectivity index (χ0) is 15.1. The predicted molar refractivity (Wildman–Crippen MR) is 90.4 cm³/mol. The van der Waals surface area contributed by atoms with E-state index < -0.39 is 0 Å². The molecule has 1 saturated carbocycles. The molecule has 22 heavy (non-hydrogen) atoms. The third-order valence-corrected chi connectivity index (χ3v) is 5.35. The Hall–Kier alpha value is -1.48. The van der Waals surface area contributed by atoms with Gasteiger partial charge in [-0.1, -0.05) is 6.07 Å². The summed E-state index contributed by atoms with van der Waals surface area (Å²) in [6, 6.07) is 4.58. The van der Waals surface area contributed by atoms with E-state index in [2.05, 4.69) is 35.1 Å². The molecular weight excluding hydrogens is 272 g/mol. The first-order valence-electron chi connectivity index (χ1n) is 8.73. The van der Waals surface area contributed by atoms with E-state index >= 15 is 0 Å². The van der Waals surface area contributed by atoms with Gasteiger partial charge in [0.15, 0.2) is 5.88 Å². The molecule has 1 aliphatic carbocycles. The molecule has 1 aromatic carbocycles. The van der Waals surface area contributed by atoms with Gasteiger partial charge in [0.05, 0.1) is 0 Å². The number of benzene rings is 1. The van der Waals surface area contributed by atoms with Crippen LogP contribution in [-0.2, 0) is 13.0 Å². The molecule has 0 atom stereocenters. The Bertz CT molecular complexity index is 678. The highest BCUT2D eigenvalue weighted by molar-refractivity contribution is 5.91. The van der Waals surface area contributed by atoms with Crippen LogP contribution < -0.4 is 5.32 Å². The van der Waals surface area contributed by atoms with E-state index in [0.29, 0.717) is 5.88 Å².